The van der Waals surface area contributed by atoms with Crippen LogP contribution in [0.25, 0.3) is 0 Å². The maximum absolute atomic E-state index is 2.41. The fourth-order valence-electron chi connectivity index (χ4n) is 2.01. The van der Waals surface area contributed by atoms with E-state index in [1.807, 2.05) is 0 Å². The summed E-state index contributed by atoms with van der Waals surface area (Å²) in [6.07, 6.45) is 4.67. The lowest BCUT2D eigenvalue weighted by Gasteiger charge is -2.16. The normalized spacial score (nSPS) is 45.0. The van der Waals surface area contributed by atoms with E-state index in [0.717, 1.165) is 17.3 Å². The van der Waals surface area contributed by atoms with Crippen LogP contribution in [0.4, 0.5) is 0 Å². The third kappa shape index (κ3) is 0.889. The minimum atomic E-state index is 0.899. The topological polar surface area (TPSA) is 0 Å². The van der Waals surface area contributed by atoms with E-state index in [1.165, 1.54) is 12.3 Å². The lowest BCUT2D eigenvalue weighted by Crippen LogP contribution is -2.06. The summed E-state index contributed by atoms with van der Waals surface area (Å²) >= 11 is 0. The lowest BCUT2D eigenvalue weighted by molar-refractivity contribution is 0.343. The molecule has 2 aliphatic carbocycles. The van der Waals surface area contributed by atoms with Crippen LogP contribution in [0.3, 0.4) is 0 Å². The third-order valence-electron chi connectivity index (χ3n) is 3.72. The lowest BCUT2D eigenvalue weighted by atomic mass is 9.89. The molecule has 0 aromatic heterocycles. The molecule has 1 unspecified atom stereocenters. The average Bonchev–Trinajstić information content (AvgIpc) is 2.53. The van der Waals surface area contributed by atoms with Gasteiger partial charge in [0.1, 0.15) is 0 Å². The zero-order chi connectivity index (χ0) is 7.35. The molecule has 0 aliphatic heterocycles. The molecule has 2 rings (SSSR count). The summed E-state index contributed by atoms with van der Waals surface area (Å²) in [6.45, 7) is 7.11. The Bertz CT molecular complexity index is 140. The quantitative estimate of drug-likeness (QED) is 0.562. The molecule has 0 aromatic carbocycles. The van der Waals surface area contributed by atoms with Gasteiger partial charge in [-0.1, -0.05) is 20.8 Å². The van der Waals surface area contributed by atoms with Gasteiger partial charge in [0.05, 0.1) is 0 Å². The van der Waals surface area contributed by atoms with E-state index in [2.05, 4.69) is 20.8 Å². The Morgan fingerprint density at radius 1 is 1.30 bits per heavy atom. The molecule has 0 spiro atoms. The van der Waals surface area contributed by atoms with Crippen LogP contribution in [0.1, 0.15) is 40.0 Å². The molecule has 0 nitrogen and oxygen atoms in total. The Balaban J connectivity index is 1.79. The zero-order valence-electron chi connectivity index (χ0n) is 7.35. The van der Waals surface area contributed by atoms with Crippen LogP contribution in [0.2, 0.25) is 0 Å². The van der Waals surface area contributed by atoms with Gasteiger partial charge in [0.2, 0.25) is 0 Å². The molecule has 0 amide bonds. The molecule has 1 atom stereocenters. The fourth-order valence-corrected chi connectivity index (χ4v) is 2.01. The zero-order valence-corrected chi connectivity index (χ0v) is 7.35. The highest BCUT2D eigenvalue weighted by Gasteiger charge is 2.68. The van der Waals surface area contributed by atoms with Crippen molar-refractivity contribution in [3.05, 3.63) is 0 Å². The number of hydrogen-bond donors (Lipinski definition) is 0. The molecule has 2 aliphatic rings. The summed E-state index contributed by atoms with van der Waals surface area (Å²) in [5.41, 5.74) is 0.920. The molecule has 0 heterocycles. The monoisotopic (exact) mass is 138 g/mol. The van der Waals surface area contributed by atoms with Gasteiger partial charge in [-0.2, -0.15) is 0 Å². The second-order valence-electron chi connectivity index (χ2n) is 4.89. The molecular formula is C10H18. The van der Waals surface area contributed by atoms with Crippen LogP contribution in [-0.4, -0.2) is 0 Å². The van der Waals surface area contributed by atoms with Gasteiger partial charge in [0.25, 0.3) is 0 Å². The number of rotatable bonds is 3. The van der Waals surface area contributed by atoms with E-state index in [4.69, 9.17) is 0 Å². The van der Waals surface area contributed by atoms with E-state index in [0.29, 0.717) is 0 Å². The Morgan fingerprint density at radius 2 is 1.80 bits per heavy atom. The van der Waals surface area contributed by atoms with Crippen LogP contribution < -0.4 is 0 Å². The van der Waals surface area contributed by atoms with Crippen molar-refractivity contribution in [1.82, 2.24) is 0 Å². The van der Waals surface area contributed by atoms with E-state index in [-0.39, 0.29) is 0 Å². The molecule has 2 fully saturated rings. The molecule has 0 aromatic rings. The molecular weight excluding hydrogens is 120 g/mol. The summed E-state index contributed by atoms with van der Waals surface area (Å²) in [5.74, 6) is 3.05. The molecule has 58 valence electrons. The van der Waals surface area contributed by atoms with E-state index in [1.54, 1.807) is 12.8 Å². The second kappa shape index (κ2) is 1.78. The largest absolute Gasteiger partial charge is 0.0625 e. The Hall–Kier alpha value is 0. The average molecular weight is 138 g/mol. The van der Waals surface area contributed by atoms with Crippen LogP contribution in [0.15, 0.2) is 0 Å². The molecule has 0 heteroatoms. The van der Waals surface area contributed by atoms with E-state index in [9.17, 15) is 0 Å². The first-order valence-corrected chi connectivity index (χ1v) is 4.64. The summed E-state index contributed by atoms with van der Waals surface area (Å²) in [4.78, 5) is 0. The highest BCUT2D eigenvalue weighted by atomic mass is 14.7. The van der Waals surface area contributed by atoms with Crippen molar-refractivity contribution < 1.29 is 0 Å². The maximum Gasteiger partial charge on any atom is -0.0260 e. The third-order valence-corrected chi connectivity index (χ3v) is 3.72. The standard InChI is InChI=1S/C10H18/c1-7(2)8(3)4-10-5-9(10)6-10/h7-9H,4-6H2,1-3H3. The Labute approximate surface area is 64.0 Å². The Kier molecular flexibility index (Phi) is 1.19. The summed E-state index contributed by atoms with van der Waals surface area (Å²) in [6, 6.07) is 0. The predicted octanol–water partition coefficient (Wildman–Crippen LogP) is 3.08. The molecule has 0 radical (unpaired) electrons. The minimum absolute atomic E-state index is 0.899. The first kappa shape index (κ1) is 6.69. The summed E-state index contributed by atoms with van der Waals surface area (Å²) in [5, 5.41) is 0. The van der Waals surface area contributed by atoms with Crippen LogP contribution in [-0.2, 0) is 0 Å². The van der Waals surface area contributed by atoms with Gasteiger partial charge in [0, 0.05) is 0 Å². The summed E-state index contributed by atoms with van der Waals surface area (Å²) in [7, 11) is 0. The predicted molar refractivity (Wildman–Crippen MR) is 43.8 cm³/mol. The fraction of sp³-hybridized carbons (Fsp3) is 1.00. The SMILES string of the molecule is CC(C)C(C)CC12CC1C2. The highest BCUT2D eigenvalue weighted by molar-refractivity contribution is 5.18. The van der Waals surface area contributed by atoms with Crippen molar-refractivity contribution in [1.29, 1.82) is 0 Å². The number of hydrogen-bond acceptors (Lipinski definition) is 0. The first-order chi connectivity index (χ1) is 4.64. The molecule has 10 heavy (non-hydrogen) atoms. The van der Waals surface area contributed by atoms with Gasteiger partial charge in [-0.15, -0.1) is 0 Å². The van der Waals surface area contributed by atoms with Crippen molar-refractivity contribution in [3.63, 3.8) is 0 Å². The van der Waals surface area contributed by atoms with Gasteiger partial charge >= 0.3 is 0 Å². The van der Waals surface area contributed by atoms with E-state index >= 15 is 0 Å². The summed E-state index contributed by atoms with van der Waals surface area (Å²) < 4.78 is 0. The smallest absolute Gasteiger partial charge is 0.0260 e. The van der Waals surface area contributed by atoms with Crippen molar-refractivity contribution >= 4 is 0 Å². The van der Waals surface area contributed by atoms with Crippen molar-refractivity contribution in [2.45, 2.75) is 40.0 Å². The van der Waals surface area contributed by atoms with Crippen molar-refractivity contribution in [3.8, 4) is 0 Å². The maximum atomic E-state index is 2.41. The van der Waals surface area contributed by atoms with Gasteiger partial charge in [-0.3, -0.25) is 0 Å². The highest BCUT2D eigenvalue weighted by Crippen LogP contribution is 2.78. The molecule has 0 N–H and O–H groups in total. The first-order valence-electron chi connectivity index (χ1n) is 4.64. The number of fused-ring (bicyclic) bond motifs is 1. The van der Waals surface area contributed by atoms with Crippen LogP contribution in [0, 0.1) is 23.2 Å². The van der Waals surface area contributed by atoms with Crippen molar-refractivity contribution in [2.75, 3.05) is 0 Å². The molecule has 0 saturated heterocycles. The second-order valence-corrected chi connectivity index (χ2v) is 4.89. The van der Waals surface area contributed by atoms with Gasteiger partial charge < -0.3 is 0 Å². The minimum Gasteiger partial charge on any atom is -0.0625 e. The van der Waals surface area contributed by atoms with Gasteiger partial charge in [-0.05, 0) is 42.4 Å². The molecule has 0 bridgehead atoms. The van der Waals surface area contributed by atoms with Gasteiger partial charge in [-0.25, -0.2) is 0 Å². The van der Waals surface area contributed by atoms with E-state index < -0.39 is 0 Å². The van der Waals surface area contributed by atoms with Crippen LogP contribution in [0.5, 0.6) is 0 Å². The van der Waals surface area contributed by atoms with Gasteiger partial charge in [0.15, 0.2) is 0 Å². The van der Waals surface area contributed by atoms with Crippen molar-refractivity contribution in [2.24, 2.45) is 23.2 Å². The molecule has 2 saturated carbocycles. The van der Waals surface area contributed by atoms with Crippen LogP contribution >= 0.6 is 0 Å². The Morgan fingerprint density at radius 3 is 2.10 bits per heavy atom.